The fourth-order valence-corrected chi connectivity index (χ4v) is 6.07. The van der Waals surface area contributed by atoms with Gasteiger partial charge in [-0.15, -0.1) is 0 Å². The van der Waals surface area contributed by atoms with Gasteiger partial charge in [-0.1, -0.05) is 54.6 Å². The van der Waals surface area contributed by atoms with Crippen molar-refractivity contribution >= 4 is 76.5 Å². The third kappa shape index (κ3) is 2.55. The van der Waals surface area contributed by atoms with Crippen LogP contribution in [0.3, 0.4) is 0 Å². The first kappa shape index (κ1) is 19.2. The maximum absolute atomic E-state index is 6.45. The highest BCUT2D eigenvalue weighted by Gasteiger charge is 2.15. The van der Waals surface area contributed by atoms with Gasteiger partial charge in [-0.3, -0.25) is 0 Å². The van der Waals surface area contributed by atoms with Gasteiger partial charge in [-0.2, -0.15) is 0 Å². The molecule has 0 aliphatic heterocycles. The van der Waals surface area contributed by atoms with E-state index in [2.05, 4.69) is 108 Å². The van der Waals surface area contributed by atoms with Crippen molar-refractivity contribution in [2.45, 2.75) is 0 Å². The summed E-state index contributed by atoms with van der Waals surface area (Å²) >= 11 is 0. The van der Waals surface area contributed by atoms with E-state index in [1.807, 2.05) is 12.1 Å². The molecule has 9 aromatic rings. The second kappa shape index (κ2) is 6.80. The number of hydrogen-bond donors (Lipinski definition) is 0. The van der Waals surface area contributed by atoms with Gasteiger partial charge in [0.15, 0.2) is 0 Å². The van der Waals surface area contributed by atoms with E-state index in [1.165, 1.54) is 27.2 Å². The van der Waals surface area contributed by atoms with Gasteiger partial charge in [0.25, 0.3) is 0 Å². The summed E-state index contributed by atoms with van der Waals surface area (Å²) in [5, 5.41) is 9.34. The van der Waals surface area contributed by atoms with E-state index in [1.54, 1.807) is 0 Å². The fraction of sp³-hybridized carbons (Fsp3) is 0. The van der Waals surface area contributed by atoms with Gasteiger partial charge >= 0.3 is 0 Å². The Morgan fingerprint density at radius 1 is 0.378 bits per heavy atom. The van der Waals surface area contributed by atoms with E-state index in [9.17, 15) is 0 Å². The molecule has 0 aliphatic carbocycles. The third-order valence-electron chi connectivity index (χ3n) is 7.75. The van der Waals surface area contributed by atoms with Gasteiger partial charge in [-0.25, -0.2) is 0 Å². The molecule has 0 radical (unpaired) electrons. The molecule has 3 heterocycles. The number of para-hydroxylation sites is 3. The smallest absolute Gasteiger partial charge is 0.137 e. The molecule has 0 N–H and O–H groups in total. The first-order valence-electron chi connectivity index (χ1n) is 12.5. The second-order valence-corrected chi connectivity index (χ2v) is 9.79. The Morgan fingerprint density at radius 2 is 0.892 bits per heavy atom. The van der Waals surface area contributed by atoms with Crippen molar-refractivity contribution < 1.29 is 8.83 Å². The molecule has 0 saturated carbocycles. The van der Waals surface area contributed by atoms with Crippen LogP contribution in [0.25, 0.3) is 82.1 Å². The summed E-state index contributed by atoms with van der Waals surface area (Å²) in [5.74, 6) is 0. The van der Waals surface area contributed by atoms with Crippen molar-refractivity contribution in [2.24, 2.45) is 0 Å². The Labute approximate surface area is 210 Å². The van der Waals surface area contributed by atoms with Crippen LogP contribution in [-0.4, -0.2) is 4.57 Å². The van der Waals surface area contributed by atoms with E-state index >= 15 is 0 Å². The minimum atomic E-state index is 0.886. The van der Waals surface area contributed by atoms with E-state index in [0.717, 1.165) is 55.0 Å². The lowest BCUT2D eigenvalue weighted by atomic mass is 10.0. The summed E-state index contributed by atoms with van der Waals surface area (Å²) in [5.41, 5.74) is 7.07. The zero-order valence-corrected chi connectivity index (χ0v) is 19.7. The van der Waals surface area contributed by atoms with Crippen LogP contribution in [0, 0.1) is 0 Å². The van der Waals surface area contributed by atoms with E-state index in [-0.39, 0.29) is 0 Å². The average molecular weight is 474 g/mol. The molecule has 0 unspecified atom stereocenters. The SMILES string of the molecule is c1ccc2c(c1)oc1cc3cc4oc5cc(-n6c7ccccc7c7ccccc76)ccc5c4cc3cc12. The Morgan fingerprint density at radius 3 is 1.59 bits per heavy atom. The predicted molar refractivity (Wildman–Crippen MR) is 153 cm³/mol. The van der Waals surface area contributed by atoms with Gasteiger partial charge in [-0.05, 0) is 65.4 Å². The summed E-state index contributed by atoms with van der Waals surface area (Å²) < 4.78 is 14.9. The van der Waals surface area contributed by atoms with Gasteiger partial charge in [0.2, 0.25) is 0 Å². The summed E-state index contributed by atoms with van der Waals surface area (Å²) in [6.45, 7) is 0. The van der Waals surface area contributed by atoms with E-state index in [4.69, 9.17) is 8.83 Å². The molecular weight excluding hydrogens is 454 g/mol. The maximum Gasteiger partial charge on any atom is 0.137 e. The Hall–Kier alpha value is -5.02. The quantitative estimate of drug-likeness (QED) is 0.238. The van der Waals surface area contributed by atoms with Crippen molar-refractivity contribution in [2.75, 3.05) is 0 Å². The molecule has 0 fully saturated rings. The van der Waals surface area contributed by atoms with Crippen LogP contribution in [0.2, 0.25) is 0 Å². The molecule has 3 aromatic heterocycles. The minimum absolute atomic E-state index is 0.886. The number of hydrogen-bond acceptors (Lipinski definition) is 2. The molecule has 0 bridgehead atoms. The highest BCUT2D eigenvalue weighted by atomic mass is 16.3. The second-order valence-electron chi connectivity index (χ2n) is 9.79. The number of rotatable bonds is 1. The van der Waals surface area contributed by atoms with Gasteiger partial charge < -0.3 is 13.4 Å². The molecule has 0 atom stereocenters. The predicted octanol–water partition coefficient (Wildman–Crippen LogP) is 9.74. The van der Waals surface area contributed by atoms with Crippen LogP contribution in [0.5, 0.6) is 0 Å². The monoisotopic (exact) mass is 473 g/mol. The summed E-state index contributed by atoms with van der Waals surface area (Å²) in [6.07, 6.45) is 0. The van der Waals surface area contributed by atoms with Crippen LogP contribution in [0.15, 0.2) is 124 Å². The first-order chi connectivity index (χ1) is 18.3. The van der Waals surface area contributed by atoms with E-state index in [0.29, 0.717) is 0 Å². The number of furan rings is 2. The first-order valence-corrected chi connectivity index (χ1v) is 12.5. The van der Waals surface area contributed by atoms with Crippen LogP contribution in [-0.2, 0) is 0 Å². The summed E-state index contributed by atoms with van der Waals surface area (Å²) in [7, 11) is 0. The van der Waals surface area contributed by atoms with Crippen LogP contribution >= 0.6 is 0 Å². The molecular formula is C34H19NO2. The summed E-state index contributed by atoms with van der Waals surface area (Å²) in [6, 6.07) is 40.7. The lowest BCUT2D eigenvalue weighted by Crippen LogP contribution is -1.93. The molecule has 0 amide bonds. The Balaban J connectivity index is 1.30. The third-order valence-corrected chi connectivity index (χ3v) is 7.75. The van der Waals surface area contributed by atoms with Crippen LogP contribution < -0.4 is 0 Å². The highest BCUT2D eigenvalue weighted by Crippen LogP contribution is 2.38. The number of benzene rings is 6. The molecule has 37 heavy (non-hydrogen) atoms. The van der Waals surface area contributed by atoms with Gasteiger partial charge in [0.05, 0.1) is 11.0 Å². The molecule has 0 aliphatic rings. The topological polar surface area (TPSA) is 31.2 Å². The maximum atomic E-state index is 6.45. The fourth-order valence-electron chi connectivity index (χ4n) is 6.07. The normalized spacial score (nSPS) is 12.3. The average Bonchev–Trinajstić information content (AvgIpc) is 3.59. The highest BCUT2D eigenvalue weighted by molar-refractivity contribution is 6.15. The summed E-state index contributed by atoms with van der Waals surface area (Å²) in [4.78, 5) is 0. The number of fused-ring (bicyclic) bond motifs is 10. The van der Waals surface area contributed by atoms with Crippen molar-refractivity contribution in [3.63, 3.8) is 0 Å². The van der Waals surface area contributed by atoms with Crippen LogP contribution in [0.4, 0.5) is 0 Å². The van der Waals surface area contributed by atoms with Crippen molar-refractivity contribution in [3.8, 4) is 5.69 Å². The van der Waals surface area contributed by atoms with Crippen LogP contribution in [0.1, 0.15) is 0 Å². The lowest BCUT2D eigenvalue weighted by molar-refractivity contribution is 0.668. The van der Waals surface area contributed by atoms with Crippen molar-refractivity contribution in [1.29, 1.82) is 0 Å². The van der Waals surface area contributed by atoms with Crippen molar-refractivity contribution in [3.05, 3.63) is 115 Å². The minimum Gasteiger partial charge on any atom is -0.456 e. The van der Waals surface area contributed by atoms with Gasteiger partial charge in [0.1, 0.15) is 22.3 Å². The van der Waals surface area contributed by atoms with Crippen molar-refractivity contribution in [1.82, 2.24) is 4.57 Å². The van der Waals surface area contributed by atoms with Gasteiger partial charge in [0, 0.05) is 44.1 Å². The van der Waals surface area contributed by atoms with E-state index < -0.39 is 0 Å². The molecule has 9 rings (SSSR count). The largest absolute Gasteiger partial charge is 0.456 e. The Bertz CT molecular complexity index is 2310. The Kier molecular flexibility index (Phi) is 3.53. The molecule has 0 saturated heterocycles. The number of nitrogens with zero attached hydrogens (tertiary/aromatic N) is 1. The molecule has 172 valence electrons. The molecule has 0 spiro atoms. The zero-order valence-electron chi connectivity index (χ0n) is 19.7. The molecule has 6 aromatic carbocycles. The lowest BCUT2D eigenvalue weighted by Gasteiger charge is -2.07. The standard InChI is InChI=1S/C34H19NO2/c1-4-10-29-23(7-1)24-8-2-5-11-30(24)35(29)22-13-14-26-28-16-20-15-27-25-9-3-6-12-31(25)36-32(27)17-21(20)18-33(28)37-34(26)19-22/h1-19H. The number of aromatic nitrogens is 1. The zero-order chi connectivity index (χ0) is 24.1. The molecule has 3 nitrogen and oxygen atoms in total. The molecule has 3 heteroatoms.